The van der Waals surface area contributed by atoms with Gasteiger partial charge in [-0.05, 0) is 12.8 Å². The van der Waals surface area contributed by atoms with Crippen LogP contribution in [0.4, 0.5) is 0 Å². The van der Waals surface area contributed by atoms with Crippen molar-refractivity contribution in [2.45, 2.75) is 136 Å². The second-order valence-corrected chi connectivity index (χ2v) is 9.85. The molecule has 0 saturated heterocycles. The summed E-state index contributed by atoms with van der Waals surface area (Å²) in [6, 6.07) is 0. The minimum absolute atomic E-state index is 0.220. The lowest BCUT2D eigenvalue weighted by molar-refractivity contribution is -0.829. The normalized spacial score (nSPS) is 18.5. The number of quaternary nitrogens is 1. The maximum Gasteiger partial charge on any atom is 0.359 e. The zero-order chi connectivity index (χ0) is 22.6. The van der Waals surface area contributed by atoms with Crippen LogP contribution in [0.5, 0.6) is 0 Å². The molecule has 0 fully saturated rings. The molecular weight excluding hydrogens is 384 g/mol. The molecule has 4 nitrogen and oxygen atoms in total. The molecule has 0 aromatic rings. The fourth-order valence-corrected chi connectivity index (χ4v) is 5.01. The van der Waals surface area contributed by atoms with Gasteiger partial charge in [0.05, 0.1) is 13.1 Å². The van der Waals surface area contributed by atoms with Crippen molar-refractivity contribution in [1.82, 2.24) is 0 Å². The van der Waals surface area contributed by atoms with Crippen molar-refractivity contribution in [3.05, 3.63) is 0 Å². The molecule has 0 spiro atoms. The molecule has 1 N–H and O–H groups in total. The Labute approximate surface area is 193 Å². The average Bonchev–Trinajstić information content (AvgIpc) is 3.13. The highest BCUT2D eigenvalue weighted by molar-refractivity contribution is 5.80. The maximum absolute atomic E-state index is 11.4. The zero-order valence-corrected chi connectivity index (χ0v) is 21.0. The molecular formula is C27H53N2O2+. The smallest absolute Gasteiger partial charge is 0.359 e. The van der Waals surface area contributed by atoms with Crippen LogP contribution in [0.1, 0.15) is 136 Å². The van der Waals surface area contributed by atoms with Crippen LogP contribution in [0.3, 0.4) is 0 Å². The van der Waals surface area contributed by atoms with Crippen LogP contribution in [-0.4, -0.2) is 47.6 Å². The van der Waals surface area contributed by atoms with Crippen molar-refractivity contribution in [2.75, 3.05) is 26.2 Å². The van der Waals surface area contributed by atoms with Gasteiger partial charge in [-0.1, -0.05) is 117 Å². The Hall–Kier alpha value is -0.900. The number of amidine groups is 1. The van der Waals surface area contributed by atoms with Gasteiger partial charge in [-0.25, -0.2) is 9.79 Å². The molecule has 0 aliphatic carbocycles. The molecule has 1 aliphatic heterocycles. The molecule has 1 unspecified atom stereocenters. The van der Waals surface area contributed by atoms with Gasteiger partial charge in [0.15, 0.2) is 12.4 Å². The van der Waals surface area contributed by atoms with Crippen molar-refractivity contribution in [3.63, 3.8) is 0 Å². The number of hydrogen-bond acceptors (Lipinski definition) is 2. The molecule has 1 heterocycles. The van der Waals surface area contributed by atoms with Crippen molar-refractivity contribution in [1.29, 1.82) is 0 Å². The van der Waals surface area contributed by atoms with E-state index in [9.17, 15) is 9.90 Å². The maximum atomic E-state index is 11.4. The topological polar surface area (TPSA) is 49.7 Å². The van der Waals surface area contributed by atoms with Crippen molar-refractivity contribution in [2.24, 2.45) is 4.99 Å². The van der Waals surface area contributed by atoms with Gasteiger partial charge in [0.25, 0.3) is 0 Å². The highest BCUT2D eigenvalue weighted by Crippen LogP contribution is 2.22. The van der Waals surface area contributed by atoms with Gasteiger partial charge in [-0.15, -0.1) is 0 Å². The molecule has 31 heavy (non-hydrogen) atoms. The summed E-state index contributed by atoms with van der Waals surface area (Å²) < 4.78 is 0.627. The van der Waals surface area contributed by atoms with E-state index < -0.39 is 5.97 Å². The molecule has 1 atom stereocenters. The summed E-state index contributed by atoms with van der Waals surface area (Å²) in [5.74, 6) is 0.485. The van der Waals surface area contributed by atoms with Gasteiger partial charge in [0.1, 0.15) is 6.54 Å². The molecule has 0 radical (unpaired) electrons. The number of carbonyl (C=O) groups is 1. The highest BCUT2D eigenvalue weighted by atomic mass is 16.4. The zero-order valence-electron chi connectivity index (χ0n) is 21.0. The largest absolute Gasteiger partial charge is 0.477 e. The third kappa shape index (κ3) is 13.3. The van der Waals surface area contributed by atoms with Crippen LogP contribution in [0.15, 0.2) is 4.99 Å². The predicted octanol–water partition coefficient (Wildman–Crippen LogP) is 7.75. The standard InChI is InChI=1S/C27H52N2O2/c1-3-5-7-8-9-10-11-12-13-14-15-16-17-18-19-20-21-26-28-22-24-29(26,23-6-4-2)25-27(30)31/h3-25H2,1-2H3/p+1. The van der Waals surface area contributed by atoms with Crippen LogP contribution < -0.4 is 0 Å². The summed E-state index contributed by atoms with van der Waals surface area (Å²) in [4.78, 5) is 16.2. The molecule has 0 amide bonds. The number of aliphatic imine (C=N–C) groups is 1. The van der Waals surface area contributed by atoms with Crippen molar-refractivity contribution < 1.29 is 14.4 Å². The summed E-state index contributed by atoms with van der Waals surface area (Å²) in [5, 5.41) is 9.40. The molecule has 0 saturated carbocycles. The Morgan fingerprint density at radius 1 is 0.742 bits per heavy atom. The summed E-state index contributed by atoms with van der Waals surface area (Å²) in [6.07, 6.45) is 25.3. The molecule has 1 aliphatic rings. The summed E-state index contributed by atoms with van der Waals surface area (Å²) >= 11 is 0. The van der Waals surface area contributed by atoms with Crippen LogP contribution in [0.2, 0.25) is 0 Å². The number of rotatable bonds is 22. The van der Waals surface area contributed by atoms with Crippen LogP contribution >= 0.6 is 0 Å². The SMILES string of the molecule is CCCCCCCCCCCCCCCCCCC1=NCC[N+]1(CCCC)CC(=O)O. The second-order valence-electron chi connectivity index (χ2n) is 9.85. The third-order valence-corrected chi connectivity index (χ3v) is 7.00. The second kappa shape index (κ2) is 18.7. The number of hydrogen-bond donors (Lipinski definition) is 1. The van der Waals surface area contributed by atoms with E-state index in [-0.39, 0.29) is 6.54 Å². The van der Waals surface area contributed by atoms with E-state index in [2.05, 4.69) is 13.8 Å². The quantitative estimate of drug-likeness (QED) is 0.139. The van der Waals surface area contributed by atoms with E-state index in [4.69, 9.17) is 4.99 Å². The molecule has 182 valence electrons. The lowest BCUT2D eigenvalue weighted by Crippen LogP contribution is -2.54. The lowest BCUT2D eigenvalue weighted by Gasteiger charge is -2.33. The predicted molar refractivity (Wildman–Crippen MR) is 134 cm³/mol. The minimum atomic E-state index is -0.683. The minimum Gasteiger partial charge on any atom is -0.477 e. The van der Waals surface area contributed by atoms with E-state index in [0.29, 0.717) is 4.48 Å². The first-order valence-electron chi connectivity index (χ1n) is 13.8. The van der Waals surface area contributed by atoms with Crippen molar-refractivity contribution in [3.8, 4) is 0 Å². The first kappa shape index (κ1) is 28.1. The Kier molecular flexibility index (Phi) is 16.9. The van der Waals surface area contributed by atoms with Gasteiger partial charge < -0.3 is 5.11 Å². The number of carboxylic acid groups (broad SMARTS) is 1. The Morgan fingerprint density at radius 2 is 1.19 bits per heavy atom. The fraction of sp³-hybridized carbons (Fsp3) is 0.926. The summed E-state index contributed by atoms with van der Waals surface area (Å²) in [6.45, 7) is 7.33. The Morgan fingerprint density at radius 3 is 1.65 bits per heavy atom. The van der Waals surface area contributed by atoms with Crippen LogP contribution in [-0.2, 0) is 4.79 Å². The lowest BCUT2D eigenvalue weighted by atomic mass is 10.0. The fourth-order valence-electron chi connectivity index (χ4n) is 5.01. The van der Waals surface area contributed by atoms with Gasteiger partial charge in [0, 0.05) is 6.42 Å². The van der Waals surface area contributed by atoms with E-state index in [1.165, 1.54) is 109 Å². The highest BCUT2D eigenvalue weighted by Gasteiger charge is 2.39. The summed E-state index contributed by atoms with van der Waals surface area (Å²) in [7, 11) is 0. The van der Waals surface area contributed by atoms with Crippen molar-refractivity contribution >= 4 is 11.8 Å². The van der Waals surface area contributed by atoms with Gasteiger partial charge >= 0.3 is 5.97 Å². The van der Waals surface area contributed by atoms with Crippen LogP contribution in [0, 0.1) is 0 Å². The molecule has 0 aromatic heterocycles. The van der Waals surface area contributed by atoms with E-state index in [1.54, 1.807) is 0 Å². The summed E-state index contributed by atoms with van der Waals surface area (Å²) in [5.41, 5.74) is 0. The number of unbranched alkanes of at least 4 members (excludes halogenated alkanes) is 16. The van der Waals surface area contributed by atoms with E-state index in [0.717, 1.165) is 38.9 Å². The average molecular weight is 438 g/mol. The van der Waals surface area contributed by atoms with Gasteiger partial charge in [-0.2, -0.15) is 0 Å². The molecule has 4 heteroatoms. The number of aliphatic carboxylic acids is 1. The Bertz CT molecular complexity index is 478. The first-order valence-corrected chi connectivity index (χ1v) is 13.8. The van der Waals surface area contributed by atoms with Gasteiger partial charge in [0.2, 0.25) is 0 Å². The number of nitrogens with zero attached hydrogens (tertiary/aromatic N) is 2. The molecule has 0 bridgehead atoms. The van der Waals surface area contributed by atoms with Gasteiger partial charge in [-0.3, -0.25) is 4.48 Å². The Balaban J connectivity index is 1.99. The third-order valence-electron chi connectivity index (χ3n) is 7.00. The van der Waals surface area contributed by atoms with E-state index in [1.807, 2.05) is 0 Å². The molecule has 0 aromatic carbocycles. The number of carboxylic acids is 1. The monoisotopic (exact) mass is 437 g/mol. The van der Waals surface area contributed by atoms with Crippen LogP contribution in [0.25, 0.3) is 0 Å². The first-order chi connectivity index (χ1) is 15.1. The molecule has 1 rings (SSSR count). The van der Waals surface area contributed by atoms with E-state index >= 15 is 0 Å².